The highest BCUT2D eigenvalue weighted by Gasteiger charge is 2.28. The van der Waals surface area contributed by atoms with E-state index in [2.05, 4.69) is 24.1 Å². The number of pyridine rings is 1. The monoisotopic (exact) mass is 332 g/mol. The lowest BCUT2D eigenvalue weighted by Crippen LogP contribution is -2.11. The molecule has 1 aromatic heterocycles. The van der Waals surface area contributed by atoms with E-state index in [4.69, 9.17) is 27.9 Å². The van der Waals surface area contributed by atoms with Gasteiger partial charge in [0.05, 0.1) is 17.6 Å². The molecule has 3 nitrogen and oxygen atoms in total. The third kappa shape index (κ3) is 2.13. The molecule has 20 heavy (non-hydrogen) atoms. The van der Waals surface area contributed by atoms with Gasteiger partial charge >= 0.3 is 0 Å². The first-order valence-corrected chi connectivity index (χ1v) is 6.90. The lowest BCUT2D eigenvalue weighted by atomic mass is 9.99. The highest BCUT2D eigenvalue weighted by atomic mass is 35.5. The van der Waals surface area contributed by atoms with Crippen LogP contribution in [0.4, 0.5) is 0 Å². The van der Waals surface area contributed by atoms with Crippen molar-refractivity contribution >= 4 is 46.5 Å². The third-order valence-corrected chi connectivity index (χ3v) is 4.54. The fourth-order valence-electron chi connectivity index (χ4n) is 2.81. The zero-order valence-electron chi connectivity index (χ0n) is 11.3. The van der Waals surface area contributed by atoms with E-state index in [1.165, 1.54) is 11.1 Å². The average Bonchev–Trinajstić information content (AvgIpc) is 2.69. The Bertz CT molecular complexity index is 675. The van der Waals surface area contributed by atoms with Crippen molar-refractivity contribution in [1.29, 1.82) is 0 Å². The molecule has 0 amide bonds. The summed E-state index contributed by atoms with van der Waals surface area (Å²) in [6, 6.07) is 2.48. The molecule has 2 atom stereocenters. The summed E-state index contributed by atoms with van der Waals surface area (Å²) in [7, 11) is 1.59. The first kappa shape index (κ1) is 15.6. The van der Waals surface area contributed by atoms with Crippen LogP contribution in [0.5, 0.6) is 5.75 Å². The highest BCUT2D eigenvalue weighted by molar-refractivity contribution is 6.46. The van der Waals surface area contributed by atoms with Crippen molar-refractivity contribution in [3.05, 3.63) is 33.4 Å². The quantitative estimate of drug-likeness (QED) is 0.821. The maximum atomic E-state index is 6.30. The summed E-state index contributed by atoms with van der Waals surface area (Å²) < 4.78 is 5.29. The van der Waals surface area contributed by atoms with E-state index in [0.717, 1.165) is 10.9 Å². The van der Waals surface area contributed by atoms with Crippen LogP contribution in [-0.4, -0.2) is 12.1 Å². The number of hydrogen-bond donors (Lipinski definition) is 1. The number of nitrogens with one attached hydrogen (secondary N) is 1. The standard InChI is InChI=1S/C14H14Cl2N2O.ClH/c1-6-9-5-17-14-8(11(9)7(2)18-6)4-10(19-3)12(15)13(14)16;/h4-7,18H,1-3H3;1H/t6-,7+;/m1./s1. The van der Waals surface area contributed by atoms with Crippen molar-refractivity contribution in [1.82, 2.24) is 10.3 Å². The minimum Gasteiger partial charge on any atom is -0.495 e. The van der Waals surface area contributed by atoms with Crippen LogP contribution in [0.15, 0.2) is 12.3 Å². The molecule has 6 heteroatoms. The van der Waals surface area contributed by atoms with Crippen LogP contribution in [0.3, 0.4) is 0 Å². The molecular formula is C14H15Cl3N2O. The molecule has 1 aliphatic heterocycles. The van der Waals surface area contributed by atoms with Gasteiger partial charge in [-0.25, -0.2) is 0 Å². The molecule has 2 aromatic rings. The fraction of sp³-hybridized carbons (Fsp3) is 0.357. The smallest absolute Gasteiger partial charge is 0.139 e. The van der Waals surface area contributed by atoms with E-state index in [0.29, 0.717) is 21.8 Å². The van der Waals surface area contributed by atoms with Gasteiger partial charge in [0.1, 0.15) is 10.8 Å². The fourth-order valence-corrected chi connectivity index (χ4v) is 3.27. The number of nitrogens with zero attached hydrogens (tertiary/aromatic N) is 1. The number of aromatic nitrogens is 1. The van der Waals surface area contributed by atoms with Crippen LogP contribution in [0.2, 0.25) is 10.0 Å². The van der Waals surface area contributed by atoms with E-state index < -0.39 is 0 Å². The number of ether oxygens (including phenoxy) is 1. The van der Waals surface area contributed by atoms with Gasteiger partial charge in [-0.1, -0.05) is 23.2 Å². The minimum atomic E-state index is 0. The number of benzene rings is 1. The second-order valence-electron chi connectivity index (χ2n) is 4.84. The van der Waals surface area contributed by atoms with Crippen molar-refractivity contribution in [3.8, 4) is 5.75 Å². The molecule has 0 unspecified atom stereocenters. The van der Waals surface area contributed by atoms with Gasteiger partial charge in [-0.05, 0) is 31.0 Å². The molecule has 2 heterocycles. The minimum absolute atomic E-state index is 0. The molecule has 0 aliphatic carbocycles. The Morgan fingerprint density at radius 1 is 1.20 bits per heavy atom. The van der Waals surface area contributed by atoms with Gasteiger partial charge in [0, 0.05) is 23.7 Å². The van der Waals surface area contributed by atoms with Crippen LogP contribution in [0.1, 0.15) is 37.1 Å². The van der Waals surface area contributed by atoms with Crippen molar-refractivity contribution in [2.75, 3.05) is 7.11 Å². The lowest BCUT2D eigenvalue weighted by molar-refractivity contribution is 0.415. The Morgan fingerprint density at radius 3 is 2.55 bits per heavy atom. The molecule has 1 N–H and O–H groups in total. The normalized spacial score (nSPS) is 20.6. The molecule has 1 aromatic carbocycles. The predicted octanol–water partition coefficient (Wildman–Crippen LogP) is 4.70. The number of rotatable bonds is 1. The predicted molar refractivity (Wildman–Crippen MR) is 85.5 cm³/mol. The molecule has 1 aliphatic rings. The first-order chi connectivity index (χ1) is 9.04. The molecule has 0 saturated carbocycles. The Balaban J connectivity index is 0.00000147. The van der Waals surface area contributed by atoms with Gasteiger partial charge in [0.25, 0.3) is 0 Å². The molecule has 0 fully saturated rings. The number of methoxy groups -OCH3 is 1. The Kier molecular flexibility index (Phi) is 4.35. The molecule has 3 rings (SSSR count). The van der Waals surface area contributed by atoms with Crippen molar-refractivity contribution in [2.45, 2.75) is 25.9 Å². The molecule has 0 saturated heterocycles. The summed E-state index contributed by atoms with van der Waals surface area (Å²) in [6.45, 7) is 4.27. The summed E-state index contributed by atoms with van der Waals surface area (Å²) in [4.78, 5) is 4.46. The van der Waals surface area contributed by atoms with Crippen molar-refractivity contribution in [3.63, 3.8) is 0 Å². The second-order valence-corrected chi connectivity index (χ2v) is 5.60. The summed E-state index contributed by atoms with van der Waals surface area (Å²) in [5.74, 6) is 0.584. The van der Waals surface area contributed by atoms with Gasteiger partial charge in [-0.15, -0.1) is 12.4 Å². The van der Waals surface area contributed by atoms with Gasteiger partial charge in [-0.3, -0.25) is 4.98 Å². The van der Waals surface area contributed by atoms with E-state index in [9.17, 15) is 0 Å². The van der Waals surface area contributed by atoms with Crippen LogP contribution in [0, 0.1) is 0 Å². The maximum Gasteiger partial charge on any atom is 0.139 e. The zero-order valence-corrected chi connectivity index (χ0v) is 13.7. The summed E-state index contributed by atoms with van der Waals surface area (Å²) in [5, 5.41) is 5.36. The second kappa shape index (κ2) is 5.57. The van der Waals surface area contributed by atoms with Crippen molar-refractivity contribution < 1.29 is 4.74 Å². The zero-order chi connectivity index (χ0) is 13.7. The largest absolute Gasteiger partial charge is 0.495 e. The van der Waals surface area contributed by atoms with Gasteiger partial charge < -0.3 is 10.1 Å². The maximum absolute atomic E-state index is 6.30. The van der Waals surface area contributed by atoms with Gasteiger partial charge in [-0.2, -0.15) is 0 Å². The first-order valence-electron chi connectivity index (χ1n) is 6.15. The topological polar surface area (TPSA) is 34.1 Å². The molecule has 0 bridgehead atoms. The number of fused-ring (bicyclic) bond motifs is 3. The Morgan fingerprint density at radius 2 is 1.90 bits per heavy atom. The molecule has 0 spiro atoms. The summed E-state index contributed by atoms with van der Waals surface area (Å²) in [6.07, 6.45) is 1.88. The SMILES string of the molecule is COc1cc2c3c(cnc2c(Cl)c1Cl)[C@@H](C)N[C@H]3C.Cl. The Hall–Kier alpha value is -0.740. The molecule has 0 radical (unpaired) electrons. The molecular weight excluding hydrogens is 319 g/mol. The Labute approximate surface area is 134 Å². The van der Waals surface area contributed by atoms with E-state index in [-0.39, 0.29) is 18.4 Å². The van der Waals surface area contributed by atoms with E-state index >= 15 is 0 Å². The summed E-state index contributed by atoms with van der Waals surface area (Å²) in [5.41, 5.74) is 3.17. The van der Waals surface area contributed by atoms with Gasteiger partial charge in [0.2, 0.25) is 0 Å². The average molecular weight is 334 g/mol. The number of hydrogen-bond acceptors (Lipinski definition) is 3. The van der Waals surface area contributed by atoms with Crippen LogP contribution in [0.25, 0.3) is 10.9 Å². The van der Waals surface area contributed by atoms with Crippen LogP contribution >= 0.6 is 35.6 Å². The highest BCUT2D eigenvalue weighted by Crippen LogP contribution is 2.43. The van der Waals surface area contributed by atoms with E-state index in [1.807, 2.05) is 12.3 Å². The molecule has 108 valence electrons. The summed E-state index contributed by atoms with van der Waals surface area (Å²) >= 11 is 12.5. The van der Waals surface area contributed by atoms with Crippen LogP contribution < -0.4 is 10.1 Å². The van der Waals surface area contributed by atoms with Crippen molar-refractivity contribution in [2.24, 2.45) is 0 Å². The van der Waals surface area contributed by atoms with Crippen LogP contribution in [-0.2, 0) is 0 Å². The van der Waals surface area contributed by atoms with E-state index in [1.54, 1.807) is 7.11 Å². The lowest BCUT2D eigenvalue weighted by Gasteiger charge is -2.13. The third-order valence-electron chi connectivity index (χ3n) is 3.70. The van der Waals surface area contributed by atoms with Gasteiger partial charge in [0.15, 0.2) is 0 Å². The number of halogens is 3.